The van der Waals surface area contributed by atoms with Crippen molar-refractivity contribution in [2.45, 2.75) is 32.5 Å². The van der Waals surface area contributed by atoms with Gasteiger partial charge < -0.3 is 20.5 Å². The van der Waals surface area contributed by atoms with Gasteiger partial charge in [-0.25, -0.2) is 0 Å². The van der Waals surface area contributed by atoms with E-state index in [1.54, 1.807) is 0 Å². The lowest BCUT2D eigenvalue weighted by Gasteiger charge is -2.14. The second-order valence-corrected chi connectivity index (χ2v) is 5.14. The summed E-state index contributed by atoms with van der Waals surface area (Å²) >= 11 is 0. The average Bonchev–Trinajstić information content (AvgIpc) is 2.55. The summed E-state index contributed by atoms with van der Waals surface area (Å²) in [6.07, 6.45) is -4.41. The zero-order valence-electron chi connectivity index (χ0n) is 14.3. The van der Waals surface area contributed by atoms with Crippen LogP contribution in [-0.2, 0) is 6.18 Å². The van der Waals surface area contributed by atoms with Crippen molar-refractivity contribution in [3.63, 3.8) is 0 Å². The van der Waals surface area contributed by atoms with Crippen LogP contribution < -0.4 is 15.4 Å². The van der Waals surface area contributed by atoms with Gasteiger partial charge in [0.1, 0.15) is 18.5 Å². The van der Waals surface area contributed by atoms with Crippen molar-refractivity contribution in [2.75, 3.05) is 26.2 Å². The number of nitrogens with zero attached hydrogens (tertiary/aromatic N) is 1. The van der Waals surface area contributed by atoms with Gasteiger partial charge in [0.05, 0.1) is 12.1 Å². The van der Waals surface area contributed by atoms with Crippen LogP contribution >= 0.6 is 24.0 Å². The number of rotatable bonds is 8. The highest BCUT2D eigenvalue weighted by Crippen LogP contribution is 2.31. The van der Waals surface area contributed by atoms with Gasteiger partial charge in [0, 0.05) is 13.1 Å². The van der Waals surface area contributed by atoms with Crippen LogP contribution in [0.1, 0.15) is 25.8 Å². The topological polar surface area (TPSA) is 65.9 Å². The standard InChI is InChI=1S/C16H24F3N3O2.HI/c1-3-8-21-15(20-4-2)22-10-13(23)11-24-14-7-5-6-12(9-14)16(17,18)19;/h5-7,9,13,23H,3-4,8,10-11H2,1-2H3,(H2,20,21,22);1H. The van der Waals surface area contributed by atoms with Crippen molar-refractivity contribution in [2.24, 2.45) is 4.99 Å². The van der Waals surface area contributed by atoms with Crippen LogP contribution in [-0.4, -0.2) is 43.4 Å². The fourth-order valence-electron chi connectivity index (χ4n) is 1.79. The molecule has 1 atom stereocenters. The molecule has 0 saturated carbocycles. The predicted molar refractivity (Wildman–Crippen MR) is 103 cm³/mol. The number of ether oxygens (including phenoxy) is 1. The number of halogens is 4. The van der Waals surface area contributed by atoms with Gasteiger partial charge in [0.25, 0.3) is 0 Å². The molecule has 5 nitrogen and oxygen atoms in total. The number of aliphatic hydroxyl groups excluding tert-OH is 1. The van der Waals surface area contributed by atoms with Crippen molar-refractivity contribution in [3.8, 4) is 5.75 Å². The zero-order chi connectivity index (χ0) is 18.0. The van der Waals surface area contributed by atoms with Crippen molar-refractivity contribution in [3.05, 3.63) is 29.8 Å². The SMILES string of the molecule is CCCNC(=NCC(O)COc1cccc(C(F)(F)F)c1)NCC.I. The van der Waals surface area contributed by atoms with Crippen LogP contribution in [0.15, 0.2) is 29.3 Å². The molecule has 0 bridgehead atoms. The Bertz CT molecular complexity index is 528. The fraction of sp³-hybridized carbons (Fsp3) is 0.562. The summed E-state index contributed by atoms with van der Waals surface area (Å²) in [5.41, 5.74) is -0.786. The van der Waals surface area contributed by atoms with Crippen LogP contribution in [0.3, 0.4) is 0 Å². The van der Waals surface area contributed by atoms with E-state index >= 15 is 0 Å². The highest BCUT2D eigenvalue weighted by atomic mass is 127. The van der Waals surface area contributed by atoms with Crippen molar-refractivity contribution in [1.29, 1.82) is 0 Å². The molecule has 144 valence electrons. The number of guanidine groups is 1. The van der Waals surface area contributed by atoms with Gasteiger partial charge in [-0.05, 0) is 31.5 Å². The summed E-state index contributed by atoms with van der Waals surface area (Å²) in [5.74, 6) is 0.640. The minimum absolute atomic E-state index is 0. The van der Waals surface area contributed by atoms with E-state index in [1.807, 2.05) is 13.8 Å². The quantitative estimate of drug-likeness (QED) is 0.307. The Balaban J connectivity index is 0.00000576. The maximum Gasteiger partial charge on any atom is 0.416 e. The second kappa shape index (κ2) is 12.2. The van der Waals surface area contributed by atoms with E-state index in [9.17, 15) is 18.3 Å². The van der Waals surface area contributed by atoms with E-state index < -0.39 is 17.8 Å². The fourth-order valence-corrected chi connectivity index (χ4v) is 1.79. The molecule has 0 spiro atoms. The lowest BCUT2D eigenvalue weighted by Crippen LogP contribution is -2.38. The van der Waals surface area contributed by atoms with Gasteiger partial charge in [-0.3, -0.25) is 4.99 Å². The molecule has 0 aliphatic heterocycles. The number of nitrogens with one attached hydrogen (secondary N) is 2. The molecule has 0 heterocycles. The lowest BCUT2D eigenvalue weighted by atomic mass is 10.2. The minimum atomic E-state index is -4.42. The Kier molecular flexibility index (Phi) is 11.6. The number of aliphatic hydroxyl groups is 1. The molecule has 1 aromatic carbocycles. The van der Waals surface area contributed by atoms with Crippen LogP contribution in [0.25, 0.3) is 0 Å². The summed E-state index contributed by atoms with van der Waals surface area (Å²) in [7, 11) is 0. The first-order chi connectivity index (χ1) is 11.4. The third-order valence-electron chi connectivity index (χ3n) is 2.95. The normalized spacial score (nSPS) is 13.0. The van der Waals surface area contributed by atoms with Crippen molar-refractivity contribution < 1.29 is 23.0 Å². The Labute approximate surface area is 163 Å². The minimum Gasteiger partial charge on any atom is -0.491 e. The first kappa shape index (κ1) is 23.8. The van der Waals surface area contributed by atoms with Crippen LogP contribution in [0.4, 0.5) is 13.2 Å². The second-order valence-electron chi connectivity index (χ2n) is 5.14. The van der Waals surface area contributed by atoms with E-state index in [4.69, 9.17) is 4.74 Å². The molecule has 0 aliphatic carbocycles. The zero-order valence-corrected chi connectivity index (χ0v) is 16.6. The lowest BCUT2D eigenvalue weighted by molar-refractivity contribution is -0.137. The van der Waals surface area contributed by atoms with E-state index in [-0.39, 0.29) is 42.9 Å². The third kappa shape index (κ3) is 9.73. The molecule has 0 amide bonds. The molecule has 25 heavy (non-hydrogen) atoms. The van der Waals surface area contributed by atoms with Gasteiger partial charge in [-0.15, -0.1) is 24.0 Å². The monoisotopic (exact) mass is 475 g/mol. The molecular weight excluding hydrogens is 450 g/mol. The Hall–Kier alpha value is -1.23. The molecule has 0 fully saturated rings. The van der Waals surface area contributed by atoms with Crippen molar-refractivity contribution in [1.82, 2.24) is 10.6 Å². The molecular formula is C16H25F3IN3O2. The summed E-state index contributed by atoms with van der Waals surface area (Å²) in [6.45, 7) is 5.33. The van der Waals surface area contributed by atoms with Crippen LogP contribution in [0.5, 0.6) is 5.75 Å². The molecule has 0 aliphatic rings. The van der Waals surface area contributed by atoms with Gasteiger partial charge in [-0.2, -0.15) is 13.2 Å². The molecule has 3 N–H and O–H groups in total. The maximum absolute atomic E-state index is 12.6. The Morgan fingerprint density at radius 3 is 2.60 bits per heavy atom. The maximum atomic E-state index is 12.6. The Morgan fingerprint density at radius 1 is 1.28 bits per heavy atom. The van der Waals surface area contributed by atoms with Crippen molar-refractivity contribution >= 4 is 29.9 Å². The Morgan fingerprint density at radius 2 is 2.00 bits per heavy atom. The smallest absolute Gasteiger partial charge is 0.416 e. The van der Waals surface area contributed by atoms with Gasteiger partial charge >= 0.3 is 6.18 Å². The highest BCUT2D eigenvalue weighted by molar-refractivity contribution is 14.0. The summed E-state index contributed by atoms with van der Waals surface area (Å²) in [4.78, 5) is 4.20. The van der Waals surface area contributed by atoms with E-state index in [0.29, 0.717) is 12.5 Å². The molecule has 0 saturated heterocycles. The van der Waals surface area contributed by atoms with E-state index in [1.165, 1.54) is 12.1 Å². The first-order valence-electron chi connectivity index (χ1n) is 7.87. The van der Waals surface area contributed by atoms with Gasteiger partial charge in [0.2, 0.25) is 0 Å². The predicted octanol–water partition coefficient (Wildman–Crippen LogP) is 3.03. The van der Waals surface area contributed by atoms with Gasteiger partial charge in [0.15, 0.2) is 5.96 Å². The molecule has 1 aromatic rings. The average molecular weight is 475 g/mol. The molecule has 9 heteroatoms. The summed E-state index contributed by atoms with van der Waals surface area (Å²) in [5, 5.41) is 16.0. The van der Waals surface area contributed by atoms with Gasteiger partial charge in [-0.1, -0.05) is 13.0 Å². The highest BCUT2D eigenvalue weighted by Gasteiger charge is 2.30. The number of alkyl halides is 3. The molecule has 1 rings (SSSR count). The number of benzene rings is 1. The molecule has 0 radical (unpaired) electrons. The third-order valence-corrected chi connectivity index (χ3v) is 2.95. The number of hydrogen-bond donors (Lipinski definition) is 3. The summed E-state index contributed by atoms with van der Waals surface area (Å²) < 4.78 is 43.1. The first-order valence-corrected chi connectivity index (χ1v) is 7.87. The molecule has 0 aromatic heterocycles. The van der Waals surface area contributed by atoms with Crippen LogP contribution in [0, 0.1) is 0 Å². The largest absolute Gasteiger partial charge is 0.491 e. The number of aliphatic imine (C=N–C) groups is 1. The van der Waals surface area contributed by atoms with E-state index in [2.05, 4.69) is 15.6 Å². The van der Waals surface area contributed by atoms with Crippen LogP contribution in [0.2, 0.25) is 0 Å². The van der Waals surface area contributed by atoms with E-state index in [0.717, 1.165) is 25.1 Å². The number of hydrogen-bond acceptors (Lipinski definition) is 3. The summed E-state index contributed by atoms with van der Waals surface area (Å²) in [6, 6.07) is 4.55. The molecule has 1 unspecified atom stereocenters.